The first-order chi connectivity index (χ1) is 11.5. The summed E-state index contributed by atoms with van der Waals surface area (Å²) in [5.41, 5.74) is 5.40. The van der Waals surface area contributed by atoms with Crippen LogP contribution in [0, 0.1) is 5.92 Å². The van der Waals surface area contributed by atoms with Crippen LogP contribution < -0.4 is 21.7 Å². The third-order valence-corrected chi connectivity index (χ3v) is 3.64. The molecular weight excluding hydrogens is 352 g/mol. The van der Waals surface area contributed by atoms with Crippen LogP contribution in [-0.4, -0.2) is 70.4 Å². The van der Waals surface area contributed by atoms with Crippen LogP contribution in [0.5, 0.6) is 0 Å². The SMILES string of the molecule is CC(N)C(=O)NC(CS)C(=O)NC(CO)C(=O)NC(C(=O)O)C(C)C. The highest BCUT2D eigenvalue weighted by molar-refractivity contribution is 7.80. The molecule has 0 saturated heterocycles. The van der Waals surface area contributed by atoms with Gasteiger partial charge in [-0.25, -0.2) is 4.79 Å². The second kappa shape index (κ2) is 10.9. The Hall–Kier alpha value is -1.85. The van der Waals surface area contributed by atoms with Crippen molar-refractivity contribution in [3.63, 3.8) is 0 Å². The van der Waals surface area contributed by atoms with Crippen LogP contribution in [0.3, 0.4) is 0 Å². The topological polar surface area (TPSA) is 171 Å². The third kappa shape index (κ3) is 7.71. The zero-order chi connectivity index (χ0) is 19.7. The molecule has 0 radical (unpaired) electrons. The molecule has 144 valence electrons. The van der Waals surface area contributed by atoms with Crippen molar-refractivity contribution >= 4 is 36.3 Å². The molecule has 0 saturated carbocycles. The number of rotatable bonds is 10. The van der Waals surface area contributed by atoms with E-state index in [4.69, 9.17) is 10.8 Å². The number of aliphatic carboxylic acids is 1. The minimum Gasteiger partial charge on any atom is -0.480 e. The minimum atomic E-state index is -1.37. The van der Waals surface area contributed by atoms with Crippen LogP contribution in [-0.2, 0) is 19.2 Å². The van der Waals surface area contributed by atoms with E-state index >= 15 is 0 Å². The molecule has 7 N–H and O–H groups in total. The van der Waals surface area contributed by atoms with Gasteiger partial charge in [-0.05, 0) is 12.8 Å². The van der Waals surface area contributed by atoms with Gasteiger partial charge < -0.3 is 31.9 Å². The minimum absolute atomic E-state index is 0.0617. The zero-order valence-electron chi connectivity index (χ0n) is 14.4. The largest absolute Gasteiger partial charge is 0.480 e. The molecule has 0 aliphatic rings. The van der Waals surface area contributed by atoms with Crippen LogP contribution in [0.2, 0.25) is 0 Å². The third-order valence-electron chi connectivity index (χ3n) is 3.28. The summed E-state index contributed by atoms with van der Waals surface area (Å²) < 4.78 is 0. The fourth-order valence-electron chi connectivity index (χ4n) is 1.73. The molecule has 0 aromatic carbocycles. The van der Waals surface area contributed by atoms with Crippen LogP contribution >= 0.6 is 12.6 Å². The fraction of sp³-hybridized carbons (Fsp3) is 0.714. The van der Waals surface area contributed by atoms with Crippen molar-refractivity contribution in [3.8, 4) is 0 Å². The monoisotopic (exact) mass is 378 g/mol. The van der Waals surface area contributed by atoms with Crippen molar-refractivity contribution < 1.29 is 29.4 Å². The summed E-state index contributed by atoms with van der Waals surface area (Å²) in [5, 5.41) is 25.2. The van der Waals surface area contributed by atoms with Crippen molar-refractivity contribution in [1.82, 2.24) is 16.0 Å². The van der Waals surface area contributed by atoms with Gasteiger partial charge in [-0.15, -0.1) is 0 Å². The molecule has 4 atom stereocenters. The smallest absolute Gasteiger partial charge is 0.326 e. The molecule has 0 aliphatic carbocycles. The average molecular weight is 378 g/mol. The van der Waals surface area contributed by atoms with Gasteiger partial charge in [-0.2, -0.15) is 12.6 Å². The van der Waals surface area contributed by atoms with E-state index in [1.54, 1.807) is 13.8 Å². The molecule has 25 heavy (non-hydrogen) atoms. The van der Waals surface area contributed by atoms with Crippen molar-refractivity contribution in [2.75, 3.05) is 12.4 Å². The Bertz CT molecular complexity index is 500. The molecule has 0 heterocycles. The van der Waals surface area contributed by atoms with Gasteiger partial charge in [-0.3, -0.25) is 14.4 Å². The van der Waals surface area contributed by atoms with Gasteiger partial charge in [0.25, 0.3) is 0 Å². The number of nitrogens with two attached hydrogens (primary N) is 1. The summed E-state index contributed by atoms with van der Waals surface area (Å²) in [7, 11) is 0. The van der Waals surface area contributed by atoms with E-state index in [0.29, 0.717) is 0 Å². The van der Waals surface area contributed by atoms with Crippen molar-refractivity contribution in [3.05, 3.63) is 0 Å². The molecule has 0 rings (SSSR count). The molecule has 10 nitrogen and oxygen atoms in total. The summed E-state index contributed by atoms with van der Waals surface area (Å²) in [6.07, 6.45) is 0. The van der Waals surface area contributed by atoms with Crippen molar-refractivity contribution in [2.24, 2.45) is 11.7 Å². The Morgan fingerprint density at radius 1 is 0.960 bits per heavy atom. The Morgan fingerprint density at radius 3 is 1.80 bits per heavy atom. The number of thiol groups is 1. The van der Waals surface area contributed by atoms with Gasteiger partial charge in [-0.1, -0.05) is 13.8 Å². The fourth-order valence-corrected chi connectivity index (χ4v) is 1.99. The number of aliphatic hydroxyl groups excluding tert-OH is 1. The number of amides is 3. The Kier molecular flexibility index (Phi) is 10.1. The Balaban J connectivity index is 4.93. The van der Waals surface area contributed by atoms with E-state index in [1.165, 1.54) is 6.92 Å². The maximum Gasteiger partial charge on any atom is 0.326 e. The van der Waals surface area contributed by atoms with Crippen LogP contribution in [0.1, 0.15) is 20.8 Å². The van der Waals surface area contributed by atoms with Gasteiger partial charge >= 0.3 is 5.97 Å². The molecule has 0 aliphatic heterocycles. The summed E-state index contributed by atoms with van der Waals surface area (Å²) in [4.78, 5) is 46.9. The van der Waals surface area contributed by atoms with Crippen molar-refractivity contribution in [2.45, 2.75) is 44.9 Å². The molecule has 4 unspecified atom stereocenters. The molecule has 0 spiro atoms. The average Bonchev–Trinajstić information content (AvgIpc) is 2.53. The van der Waals surface area contributed by atoms with Crippen molar-refractivity contribution in [1.29, 1.82) is 0 Å². The van der Waals surface area contributed by atoms with Gasteiger partial charge in [0.05, 0.1) is 12.6 Å². The molecule has 0 aromatic heterocycles. The predicted molar refractivity (Wildman–Crippen MR) is 92.9 cm³/mol. The number of carboxylic acids is 1. The molecule has 0 bridgehead atoms. The first-order valence-electron chi connectivity index (χ1n) is 7.66. The van der Waals surface area contributed by atoms with Gasteiger partial charge in [0.15, 0.2) is 0 Å². The summed E-state index contributed by atoms with van der Waals surface area (Å²) in [6.45, 7) is 3.89. The number of aliphatic hydroxyl groups is 1. The van der Waals surface area contributed by atoms with Gasteiger partial charge in [0.1, 0.15) is 18.1 Å². The molecule has 0 fully saturated rings. The first-order valence-corrected chi connectivity index (χ1v) is 8.29. The number of carboxylic acid groups (broad SMARTS) is 1. The highest BCUT2D eigenvalue weighted by atomic mass is 32.1. The van der Waals surface area contributed by atoms with Crippen LogP contribution in [0.4, 0.5) is 0 Å². The summed E-state index contributed by atoms with van der Waals surface area (Å²) >= 11 is 3.95. The van der Waals surface area contributed by atoms with E-state index in [9.17, 15) is 24.3 Å². The van der Waals surface area contributed by atoms with Crippen LogP contribution in [0.15, 0.2) is 0 Å². The summed E-state index contributed by atoms with van der Waals surface area (Å²) in [6, 6.07) is -4.45. The second-order valence-corrected chi connectivity index (χ2v) is 6.21. The normalized spacial score (nSPS) is 15.6. The summed E-state index contributed by atoms with van der Waals surface area (Å²) in [5.74, 6) is -3.88. The number of carbonyl (C=O) groups is 4. The van der Waals surface area contributed by atoms with E-state index in [1.807, 2.05) is 0 Å². The maximum atomic E-state index is 12.1. The Morgan fingerprint density at radius 2 is 1.44 bits per heavy atom. The van der Waals surface area contributed by atoms with E-state index in [0.717, 1.165) is 0 Å². The molecule has 11 heteroatoms. The predicted octanol–water partition coefficient (Wildman–Crippen LogP) is -2.55. The standard InChI is InChI=1S/C14H26N4O6S/c1-6(2)10(14(23)24)18-12(21)8(4-19)16-13(22)9(5-25)17-11(20)7(3)15/h6-10,19,25H,4-5,15H2,1-3H3,(H,16,22)(H,17,20)(H,18,21)(H,23,24). The second-order valence-electron chi connectivity index (χ2n) is 5.84. The highest BCUT2D eigenvalue weighted by Crippen LogP contribution is 2.02. The lowest BCUT2D eigenvalue weighted by Crippen LogP contribution is -2.58. The van der Waals surface area contributed by atoms with Crippen LogP contribution in [0.25, 0.3) is 0 Å². The quantitative estimate of drug-likeness (QED) is 0.205. The lowest BCUT2D eigenvalue weighted by molar-refractivity contribution is -0.143. The lowest BCUT2D eigenvalue weighted by atomic mass is 10.0. The molecular formula is C14H26N4O6S. The lowest BCUT2D eigenvalue weighted by Gasteiger charge is -2.24. The Labute approximate surface area is 151 Å². The maximum absolute atomic E-state index is 12.1. The number of hydrogen-bond acceptors (Lipinski definition) is 7. The van der Waals surface area contributed by atoms with E-state index in [2.05, 4.69) is 28.6 Å². The number of nitrogens with one attached hydrogen (secondary N) is 3. The number of hydrogen-bond donors (Lipinski definition) is 7. The molecule has 3 amide bonds. The van der Waals surface area contributed by atoms with E-state index in [-0.39, 0.29) is 5.75 Å². The van der Waals surface area contributed by atoms with E-state index < -0.39 is 60.4 Å². The molecule has 0 aromatic rings. The van der Waals surface area contributed by atoms with Gasteiger partial charge in [0.2, 0.25) is 17.7 Å². The zero-order valence-corrected chi connectivity index (χ0v) is 15.2. The highest BCUT2D eigenvalue weighted by Gasteiger charge is 2.30. The van der Waals surface area contributed by atoms with Gasteiger partial charge in [0, 0.05) is 5.75 Å². The number of carbonyl (C=O) groups excluding carboxylic acids is 3. The first kappa shape index (κ1) is 23.1.